The Morgan fingerprint density at radius 2 is 2.14 bits per heavy atom. The fourth-order valence-electron chi connectivity index (χ4n) is 2.35. The van der Waals surface area contributed by atoms with Gasteiger partial charge in [0.25, 0.3) is 0 Å². The number of hydrogen-bond acceptors (Lipinski definition) is 2. The van der Waals surface area contributed by atoms with E-state index in [0.717, 1.165) is 41.8 Å². The van der Waals surface area contributed by atoms with Gasteiger partial charge >= 0.3 is 0 Å². The lowest BCUT2D eigenvalue weighted by Gasteiger charge is -2.12. The van der Waals surface area contributed by atoms with E-state index in [9.17, 15) is 4.39 Å². The highest BCUT2D eigenvalue weighted by Gasteiger charge is 2.20. The topological polar surface area (TPSA) is 36.4 Å². The van der Waals surface area contributed by atoms with Gasteiger partial charge in [-0.25, -0.2) is 9.38 Å². The number of thioether (sulfide) groups is 1. The van der Waals surface area contributed by atoms with Crippen molar-refractivity contribution in [3.63, 3.8) is 0 Å². The summed E-state index contributed by atoms with van der Waals surface area (Å²) in [4.78, 5) is 4.64. The molecule has 5 heteroatoms. The monoisotopic (exact) mass is 323 g/mol. The summed E-state index contributed by atoms with van der Waals surface area (Å²) >= 11 is 1.70. The third-order valence-corrected chi connectivity index (χ3v) is 4.36. The first-order valence-electron chi connectivity index (χ1n) is 8.01. The van der Waals surface area contributed by atoms with E-state index in [1.807, 2.05) is 12.3 Å². The van der Waals surface area contributed by atoms with Gasteiger partial charge in [0.15, 0.2) is 5.96 Å². The third kappa shape index (κ3) is 5.87. The van der Waals surface area contributed by atoms with E-state index in [4.69, 9.17) is 0 Å². The average molecular weight is 323 g/mol. The average Bonchev–Trinajstić information content (AvgIpc) is 3.31. The summed E-state index contributed by atoms with van der Waals surface area (Å²) in [6.45, 7) is 4.46. The number of guanidine groups is 1. The highest BCUT2D eigenvalue weighted by molar-refractivity contribution is 7.97. The van der Waals surface area contributed by atoms with Crippen LogP contribution in [0, 0.1) is 11.7 Å². The predicted molar refractivity (Wildman–Crippen MR) is 93.8 cm³/mol. The summed E-state index contributed by atoms with van der Waals surface area (Å²) < 4.78 is 13.4. The predicted octanol–water partition coefficient (Wildman–Crippen LogP) is 3.54. The Bertz CT molecular complexity index is 501. The van der Waals surface area contributed by atoms with E-state index >= 15 is 0 Å². The van der Waals surface area contributed by atoms with Gasteiger partial charge in [0.05, 0.1) is 6.54 Å². The molecule has 0 heterocycles. The molecule has 2 rings (SSSR count). The fraction of sp³-hybridized carbons (Fsp3) is 0.588. The van der Waals surface area contributed by atoms with Gasteiger partial charge in [0.2, 0.25) is 0 Å². The molecule has 1 aliphatic rings. The van der Waals surface area contributed by atoms with E-state index in [2.05, 4.69) is 22.5 Å². The van der Waals surface area contributed by atoms with E-state index in [-0.39, 0.29) is 5.82 Å². The zero-order valence-corrected chi connectivity index (χ0v) is 14.3. The Labute approximate surface area is 137 Å². The van der Waals surface area contributed by atoms with Crippen LogP contribution >= 0.6 is 11.8 Å². The van der Waals surface area contributed by atoms with Gasteiger partial charge in [0.1, 0.15) is 5.82 Å². The van der Waals surface area contributed by atoms with Crippen LogP contribution in [0.4, 0.5) is 4.39 Å². The maximum absolute atomic E-state index is 13.4. The van der Waals surface area contributed by atoms with Crippen molar-refractivity contribution in [1.82, 2.24) is 10.6 Å². The van der Waals surface area contributed by atoms with Crippen LogP contribution in [0.1, 0.15) is 37.3 Å². The van der Waals surface area contributed by atoms with Gasteiger partial charge in [0, 0.05) is 18.8 Å². The molecule has 0 spiro atoms. The number of benzene rings is 1. The lowest BCUT2D eigenvalue weighted by atomic mass is 10.1. The number of rotatable bonds is 8. The van der Waals surface area contributed by atoms with Gasteiger partial charge in [-0.05, 0) is 48.8 Å². The summed E-state index contributed by atoms with van der Waals surface area (Å²) in [5, 5.41) is 6.65. The number of halogens is 1. The summed E-state index contributed by atoms with van der Waals surface area (Å²) in [7, 11) is 0. The van der Waals surface area contributed by atoms with E-state index in [1.54, 1.807) is 17.8 Å². The van der Waals surface area contributed by atoms with Crippen LogP contribution in [0.5, 0.6) is 0 Å². The molecule has 0 unspecified atom stereocenters. The normalized spacial score (nSPS) is 15.0. The molecule has 22 heavy (non-hydrogen) atoms. The maximum Gasteiger partial charge on any atom is 0.191 e. The van der Waals surface area contributed by atoms with Crippen LogP contribution in [0.3, 0.4) is 0 Å². The molecule has 0 aliphatic heterocycles. The molecule has 0 amide bonds. The number of hydrogen-bond donors (Lipinski definition) is 2. The van der Waals surface area contributed by atoms with Gasteiger partial charge in [-0.2, -0.15) is 11.8 Å². The van der Waals surface area contributed by atoms with E-state index < -0.39 is 0 Å². The minimum atomic E-state index is -0.175. The van der Waals surface area contributed by atoms with Gasteiger partial charge in [-0.3, -0.25) is 0 Å². The SMILES string of the molecule is CCNC(=NCc1ccc(F)cc1CSC)NCCC1CC1. The second-order valence-electron chi connectivity index (χ2n) is 5.70. The number of nitrogens with zero attached hydrogens (tertiary/aromatic N) is 1. The van der Waals surface area contributed by atoms with Gasteiger partial charge in [-0.15, -0.1) is 0 Å². The standard InChI is InChI=1S/C17H26FN3S/c1-3-19-17(20-9-8-13-4-5-13)21-11-14-6-7-16(18)10-15(14)12-22-2/h6-7,10,13H,3-5,8-9,11-12H2,1-2H3,(H2,19,20,21). The summed E-state index contributed by atoms with van der Waals surface area (Å²) in [6, 6.07) is 4.98. The number of aliphatic imine (C=N–C) groups is 1. The maximum atomic E-state index is 13.4. The molecule has 0 atom stereocenters. The van der Waals surface area contributed by atoms with Crippen LogP contribution in [-0.2, 0) is 12.3 Å². The molecule has 1 fully saturated rings. The van der Waals surface area contributed by atoms with Crippen molar-refractivity contribution in [1.29, 1.82) is 0 Å². The molecule has 0 bridgehead atoms. The van der Waals surface area contributed by atoms with Crippen LogP contribution in [-0.4, -0.2) is 25.3 Å². The Morgan fingerprint density at radius 3 is 2.82 bits per heavy atom. The Morgan fingerprint density at radius 1 is 1.32 bits per heavy atom. The van der Waals surface area contributed by atoms with Crippen molar-refractivity contribution >= 4 is 17.7 Å². The van der Waals surface area contributed by atoms with E-state index in [1.165, 1.54) is 25.3 Å². The molecule has 0 radical (unpaired) electrons. The minimum Gasteiger partial charge on any atom is -0.357 e. The lowest BCUT2D eigenvalue weighted by Crippen LogP contribution is -2.37. The molecule has 0 saturated heterocycles. The van der Waals surface area contributed by atoms with Crippen molar-refractivity contribution in [2.75, 3.05) is 19.3 Å². The van der Waals surface area contributed by atoms with Crippen molar-refractivity contribution in [2.24, 2.45) is 10.9 Å². The molecule has 122 valence electrons. The smallest absolute Gasteiger partial charge is 0.191 e. The largest absolute Gasteiger partial charge is 0.357 e. The Hall–Kier alpha value is -1.23. The molecule has 1 aromatic rings. The fourth-order valence-corrected chi connectivity index (χ4v) is 2.93. The number of nitrogens with one attached hydrogen (secondary N) is 2. The van der Waals surface area contributed by atoms with Crippen molar-refractivity contribution < 1.29 is 4.39 Å². The highest BCUT2D eigenvalue weighted by atomic mass is 32.2. The van der Waals surface area contributed by atoms with Gasteiger partial charge in [-0.1, -0.05) is 18.9 Å². The Balaban J connectivity index is 1.95. The van der Waals surface area contributed by atoms with Crippen molar-refractivity contribution in [2.45, 2.75) is 38.5 Å². The Kier molecular flexibility index (Phi) is 7.03. The molecular weight excluding hydrogens is 297 g/mol. The van der Waals surface area contributed by atoms with Gasteiger partial charge < -0.3 is 10.6 Å². The second kappa shape index (κ2) is 9.03. The first kappa shape index (κ1) is 17.1. The molecular formula is C17H26FN3S. The van der Waals surface area contributed by atoms with Crippen LogP contribution in [0.2, 0.25) is 0 Å². The minimum absolute atomic E-state index is 0.175. The summed E-state index contributed by atoms with van der Waals surface area (Å²) in [5.74, 6) is 2.41. The summed E-state index contributed by atoms with van der Waals surface area (Å²) in [6.07, 6.45) is 6.01. The molecule has 1 aromatic carbocycles. The molecule has 0 aromatic heterocycles. The quantitative estimate of drug-likeness (QED) is 0.567. The zero-order valence-electron chi connectivity index (χ0n) is 13.5. The van der Waals surface area contributed by atoms with E-state index in [0.29, 0.717) is 6.54 Å². The second-order valence-corrected chi connectivity index (χ2v) is 6.57. The zero-order chi connectivity index (χ0) is 15.8. The molecule has 1 saturated carbocycles. The molecule has 1 aliphatic carbocycles. The molecule has 3 nitrogen and oxygen atoms in total. The highest BCUT2D eigenvalue weighted by Crippen LogP contribution is 2.31. The first-order chi connectivity index (χ1) is 10.7. The molecule has 2 N–H and O–H groups in total. The van der Waals surface area contributed by atoms with Crippen LogP contribution < -0.4 is 10.6 Å². The third-order valence-electron chi connectivity index (χ3n) is 3.76. The van der Waals surface area contributed by atoms with Crippen molar-refractivity contribution in [3.8, 4) is 0 Å². The van der Waals surface area contributed by atoms with Crippen LogP contribution in [0.15, 0.2) is 23.2 Å². The van der Waals surface area contributed by atoms with Crippen LogP contribution in [0.25, 0.3) is 0 Å². The summed E-state index contributed by atoms with van der Waals surface area (Å²) in [5.41, 5.74) is 2.13. The first-order valence-corrected chi connectivity index (χ1v) is 9.40. The lowest BCUT2D eigenvalue weighted by molar-refractivity contribution is 0.625. The van der Waals surface area contributed by atoms with Crippen molar-refractivity contribution in [3.05, 3.63) is 35.1 Å².